The highest BCUT2D eigenvalue weighted by Gasteiger charge is 2.29. The van der Waals surface area contributed by atoms with Crippen LogP contribution in [-0.4, -0.2) is 73.3 Å². The molecule has 134 valence electrons. The third-order valence-electron chi connectivity index (χ3n) is 3.35. The monoisotopic (exact) mass is 366 g/mol. The van der Waals surface area contributed by atoms with Gasteiger partial charge in [-0.05, 0) is 12.1 Å². The second-order valence-electron chi connectivity index (χ2n) is 5.31. The lowest BCUT2D eigenvalue weighted by Gasteiger charge is -2.13. The van der Waals surface area contributed by atoms with Crippen molar-refractivity contribution in [3.63, 3.8) is 0 Å². The molecule has 1 aliphatic rings. The number of hydrogen-bond donors (Lipinski definition) is 0. The maximum absolute atomic E-state index is 12.2. The molecule has 1 saturated heterocycles. The van der Waals surface area contributed by atoms with Gasteiger partial charge >= 0.3 is 12.1 Å². The quantitative estimate of drug-likeness (QED) is 0.548. The van der Waals surface area contributed by atoms with E-state index in [9.17, 15) is 19.2 Å². The number of carbonyl (C=O) groups is 4. The molecule has 0 bridgehead atoms. The van der Waals surface area contributed by atoms with Crippen LogP contribution in [0.5, 0.6) is 0 Å². The summed E-state index contributed by atoms with van der Waals surface area (Å²) in [5.41, 5.74) is 0.260. The molecule has 1 heterocycles. The Morgan fingerprint density at radius 3 is 2.64 bits per heavy atom. The van der Waals surface area contributed by atoms with Gasteiger partial charge in [0.05, 0.1) is 17.9 Å². The SMILES string of the molecule is CN(C)C(=O)CSc1ccccc1C(=O)OCC(=O)N1CCOC1=O. The number of imide groups is 1. The average molecular weight is 366 g/mol. The second kappa shape index (κ2) is 8.52. The van der Waals surface area contributed by atoms with E-state index in [-0.39, 0.29) is 30.4 Å². The Morgan fingerprint density at radius 2 is 2.00 bits per heavy atom. The zero-order valence-electron chi connectivity index (χ0n) is 13.9. The van der Waals surface area contributed by atoms with Gasteiger partial charge in [-0.25, -0.2) is 14.5 Å². The maximum atomic E-state index is 12.2. The van der Waals surface area contributed by atoms with Crippen molar-refractivity contribution in [1.82, 2.24) is 9.80 Å². The van der Waals surface area contributed by atoms with E-state index in [1.54, 1.807) is 38.4 Å². The van der Waals surface area contributed by atoms with Crippen LogP contribution >= 0.6 is 11.8 Å². The molecular formula is C16H18N2O6S. The van der Waals surface area contributed by atoms with Crippen molar-refractivity contribution in [2.45, 2.75) is 4.90 Å². The first-order valence-electron chi connectivity index (χ1n) is 7.46. The molecule has 8 nitrogen and oxygen atoms in total. The predicted molar refractivity (Wildman–Crippen MR) is 89.2 cm³/mol. The molecule has 0 spiro atoms. The number of hydrogen-bond acceptors (Lipinski definition) is 7. The molecule has 1 fully saturated rings. The van der Waals surface area contributed by atoms with Crippen molar-refractivity contribution < 1.29 is 28.7 Å². The topological polar surface area (TPSA) is 93.2 Å². The Morgan fingerprint density at radius 1 is 1.28 bits per heavy atom. The summed E-state index contributed by atoms with van der Waals surface area (Å²) in [6.07, 6.45) is -0.737. The van der Waals surface area contributed by atoms with Crippen molar-refractivity contribution in [2.24, 2.45) is 0 Å². The lowest BCUT2D eigenvalue weighted by atomic mass is 10.2. The fourth-order valence-corrected chi connectivity index (χ4v) is 2.95. The third kappa shape index (κ3) is 4.96. The lowest BCUT2D eigenvalue weighted by molar-refractivity contribution is -0.131. The molecule has 1 aromatic rings. The molecule has 0 aromatic heterocycles. The van der Waals surface area contributed by atoms with E-state index in [4.69, 9.17) is 4.74 Å². The van der Waals surface area contributed by atoms with E-state index >= 15 is 0 Å². The summed E-state index contributed by atoms with van der Waals surface area (Å²) in [5.74, 6) is -1.24. The highest BCUT2D eigenvalue weighted by Crippen LogP contribution is 2.23. The van der Waals surface area contributed by atoms with Crippen molar-refractivity contribution in [3.8, 4) is 0 Å². The van der Waals surface area contributed by atoms with Crippen molar-refractivity contribution in [3.05, 3.63) is 29.8 Å². The summed E-state index contributed by atoms with van der Waals surface area (Å²) in [6, 6.07) is 6.65. The number of amides is 3. The number of esters is 1. The van der Waals surface area contributed by atoms with E-state index in [1.807, 2.05) is 0 Å². The van der Waals surface area contributed by atoms with Crippen LogP contribution in [0, 0.1) is 0 Å². The molecule has 2 rings (SSSR count). The number of ether oxygens (including phenoxy) is 2. The van der Waals surface area contributed by atoms with Gasteiger partial charge in [0.2, 0.25) is 5.91 Å². The number of nitrogens with zero attached hydrogens (tertiary/aromatic N) is 2. The predicted octanol–water partition coefficient (Wildman–Crippen LogP) is 1.00. The molecule has 0 saturated carbocycles. The highest BCUT2D eigenvalue weighted by atomic mass is 32.2. The molecule has 0 radical (unpaired) electrons. The molecular weight excluding hydrogens is 348 g/mol. The average Bonchev–Trinajstić information content (AvgIpc) is 3.03. The lowest BCUT2D eigenvalue weighted by Crippen LogP contribution is -2.35. The van der Waals surface area contributed by atoms with E-state index in [2.05, 4.69) is 4.74 Å². The summed E-state index contributed by atoms with van der Waals surface area (Å²) in [6.45, 7) is -0.268. The van der Waals surface area contributed by atoms with Gasteiger partial charge in [0.25, 0.3) is 5.91 Å². The Balaban J connectivity index is 1.96. The minimum Gasteiger partial charge on any atom is -0.452 e. The molecule has 0 aliphatic carbocycles. The minimum absolute atomic E-state index is 0.0871. The van der Waals surface area contributed by atoms with Crippen LogP contribution in [0.25, 0.3) is 0 Å². The van der Waals surface area contributed by atoms with Crippen LogP contribution < -0.4 is 0 Å². The number of cyclic esters (lactones) is 1. The van der Waals surface area contributed by atoms with Gasteiger partial charge in [-0.1, -0.05) is 12.1 Å². The van der Waals surface area contributed by atoms with Crippen molar-refractivity contribution in [2.75, 3.05) is 39.6 Å². The largest absolute Gasteiger partial charge is 0.452 e. The summed E-state index contributed by atoms with van der Waals surface area (Å²) >= 11 is 1.21. The number of benzene rings is 1. The Labute approximate surface area is 149 Å². The first-order chi connectivity index (χ1) is 11.9. The normalized spacial score (nSPS) is 13.4. The Kier molecular flexibility index (Phi) is 6.40. The first-order valence-corrected chi connectivity index (χ1v) is 8.45. The fourth-order valence-electron chi connectivity index (χ4n) is 1.93. The number of rotatable bonds is 6. The van der Waals surface area contributed by atoms with Gasteiger partial charge in [0.1, 0.15) is 6.61 Å². The van der Waals surface area contributed by atoms with Gasteiger partial charge < -0.3 is 14.4 Å². The van der Waals surface area contributed by atoms with Crippen LogP contribution in [0.1, 0.15) is 10.4 Å². The van der Waals surface area contributed by atoms with Gasteiger partial charge in [0.15, 0.2) is 6.61 Å². The summed E-state index contributed by atoms with van der Waals surface area (Å²) < 4.78 is 9.66. The van der Waals surface area contributed by atoms with Crippen LogP contribution in [0.4, 0.5) is 4.79 Å². The first kappa shape index (κ1) is 18.8. The molecule has 9 heteroatoms. The molecule has 1 aliphatic heterocycles. The Hall–Kier alpha value is -2.55. The standard InChI is InChI=1S/C16H18N2O6S/c1-17(2)14(20)10-25-12-6-4-3-5-11(12)15(21)24-9-13(19)18-7-8-23-16(18)22/h3-6H,7-10H2,1-2H3. The zero-order chi connectivity index (χ0) is 18.4. The maximum Gasteiger partial charge on any atom is 0.416 e. The molecule has 25 heavy (non-hydrogen) atoms. The van der Waals surface area contributed by atoms with Crippen LogP contribution in [0.15, 0.2) is 29.2 Å². The third-order valence-corrected chi connectivity index (χ3v) is 4.40. The van der Waals surface area contributed by atoms with Gasteiger partial charge in [-0.3, -0.25) is 9.59 Å². The van der Waals surface area contributed by atoms with E-state index < -0.39 is 24.6 Å². The minimum atomic E-state index is -0.737. The number of thioether (sulfide) groups is 1. The van der Waals surface area contributed by atoms with E-state index in [1.165, 1.54) is 16.7 Å². The smallest absolute Gasteiger partial charge is 0.416 e. The molecule has 1 aromatic carbocycles. The van der Waals surface area contributed by atoms with E-state index in [0.717, 1.165) is 4.90 Å². The van der Waals surface area contributed by atoms with Gasteiger partial charge in [0, 0.05) is 19.0 Å². The fraction of sp³-hybridized carbons (Fsp3) is 0.375. The van der Waals surface area contributed by atoms with E-state index in [0.29, 0.717) is 4.90 Å². The molecule has 0 atom stereocenters. The van der Waals surface area contributed by atoms with Crippen molar-refractivity contribution in [1.29, 1.82) is 0 Å². The number of carbonyl (C=O) groups excluding carboxylic acids is 4. The van der Waals surface area contributed by atoms with Gasteiger partial charge in [-0.15, -0.1) is 11.8 Å². The molecule has 0 unspecified atom stereocenters. The molecule has 0 N–H and O–H groups in total. The molecule has 3 amide bonds. The highest BCUT2D eigenvalue weighted by molar-refractivity contribution is 8.00. The van der Waals surface area contributed by atoms with Crippen LogP contribution in [0.3, 0.4) is 0 Å². The Bertz CT molecular complexity index is 691. The summed E-state index contributed by atoms with van der Waals surface area (Å²) in [5, 5.41) is 0. The summed E-state index contributed by atoms with van der Waals surface area (Å²) in [7, 11) is 3.30. The van der Waals surface area contributed by atoms with Crippen LogP contribution in [0.2, 0.25) is 0 Å². The zero-order valence-corrected chi connectivity index (χ0v) is 14.7. The van der Waals surface area contributed by atoms with Crippen LogP contribution in [-0.2, 0) is 19.1 Å². The van der Waals surface area contributed by atoms with Gasteiger partial charge in [-0.2, -0.15) is 0 Å². The second-order valence-corrected chi connectivity index (χ2v) is 6.33. The van der Waals surface area contributed by atoms with Crippen molar-refractivity contribution >= 4 is 35.6 Å². The summed E-state index contributed by atoms with van der Waals surface area (Å²) in [4.78, 5) is 50.0.